The first kappa shape index (κ1) is 18.7. The summed E-state index contributed by atoms with van der Waals surface area (Å²) >= 11 is 0. The summed E-state index contributed by atoms with van der Waals surface area (Å²) < 4.78 is 13.2. The molecule has 1 aliphatic heterocycles. The maximum absolute atomic E-state index is 12.8. The molecule has 0 aliphatic carbocycles. The lowest BCUT2D eigenvalue weighted by Crippen LogP contribution is -2.34. The van der Waals surface area contributed by atoms with Crippen LogP contribution in [0.2, 0.25) is 0 Å². The van der Waals surface area contributed by atoms with Gasteiger partial charge in [0.15, 0.2) is 5.82 Å². The molecule has 0 unspecified atom stereocenters. The molecule has 2 N–H and O–H groups in total. The summed E-state index contributed by atoms with van der Waals surface area (Å²) in [4.78, 5) is 37.4. The molecule has 1 aliphatic rings. The second-order valence-electron chi connectivity index (χ2n) is 7.03. The zero-order valence-corrected chi connectivity index (χ0v) is 16.1. The van der Waals surface area contributed by atoms with Crippen LogP contribution in [0.15, 0.2) is 74.8 Å². The third-order valence-corrected chi connectivity index (χ3v) is 4.97. The number of amides is 1. The zero-order chi connectivity index (χ0) is 21.4. The molecule has 0 spiro atoms. The maximum Gasteiger partial charge on any atom is 0.446 e. The number of carbonyl (C=O) groups is 1. The van der Waals surface area contributed by atoms with Crippen LogP contribution in [-0.2, 0) is 6.54 Å². The standard InChI is InChI=1S/C21H17N5O5/c27-18-10-14(23-25(18)11-13-6-2-1-3-7-13)20(28)22-15-12-30-17-9-5-4-8-16(17)26-19(15)24-31-21(26)29/h1-10,15,23H,11-12H2,(H,22,28)/t15-/m0/s1. The lowest BCUT2D eigenvalue weighted by atomic mass is 10.2. The number of benzene rings is 2. The van der Waals surface area contributed by atoms with Gasteiger partial charge in [0.05, 0.1) is 12.2 Å². The van der Waals surface area contributed by atoms with E-state index < -0.39 is 17.7 Å². The molecule has 2 aromatic heterocycles. The number of nitrogens with zero attached hydrogens (tertiary/aromatic N) is 3. The van der Waals surface area contributed by atoms with Gasteiger partial charge in [-0.2, -0.15) is 0 Å². The Hall–Kier alpha value is -4.34. The van der Waals surface area contributed by atoms with E-state index in [-0.39, 0.29) is 23.7 Å². The quantitative estimate of drug-likeness (QED) is 0.513. The van der Waals surface area contributed by atoms with Crippen molar-refractivity contribution in [1.29, 1.82) is 0 Å². The number of aromatic amines is 1. The Balaban J connectivity index is 1.41. The Morgan fingerprint density at radius 3 is 2.74 bits per heavy atom. The third kappa shape index (κ3) is 3.44. The number of hydrogen-bond acceptors (Lipinski definition) is 6. The van der Waals surface area contributed by atoms with Crippen molar-refractivity contribution in [3.8, 4) is 11.4 Å². The van der Waals surface area contributed by atoms with E-state index in [0.717, 1.165) is 5.56 Å². The monoisotopic (exact) mass is 419 g/mol. The number of ether oxygens (including phenoxy) is 1. The first-order chi connectivity index (χ1) is 15.1. The Labute approximate surface area is 174 Å². The van der Waals surface area contributed by atoms with Crippen molar-refractivity contribution in [2.45, 2.75) is 12.6 Å². The van der Waals surface area contributed by atoms with Crippen LogP contribution in [0.5, 0.6) is 5.75 Å². The lowest BCUT2D eigenvalue weighted by Gasteiger charge is -2.14. The second-order valence-corrected chi connectivity index (χ2v) is 7.03. The minimum absolute atomic E-state index is 0.0314. The van der Waals surface area contributed by atoms with Crippen molar-refractivity contribution in [2.24, 2.45) is 0 Å². The number of aromatic nitrogens is 4. The number of hydrogen-bond donors (Lipinski definition) is 2. The number of H-pyrrole nitrogens is 1. The van der Waals surface area contributed by atoms with E-state index in [9.17, 15) is 14.4 Å². The van der Waals surface area contributed by atoms with Crippen LogP contribution in [0.4, 0.5) is 0 Å². The molecule has 0 saturated heterocycles. The van der Waals surface area contributed by atoms with E-state index in [1.54, 1.807) is 24.3 Å². The van der Waals surface area contributed by atoms with E-state index in [2.05, 4.69) is 15.6 Å². The molecule has 1 atom stereocenters. The van der Waals surface area contributed by atoms with Crippen LogP contribution < -0.4 is 21.4 Å². The van der Waals surface area contributed by atoms with Gasteiger partial charge in [-0.05, 0) is 17.7 Å². The molecule has 0 fully saturated rings. The highest BCUT2D eigenvalue weighted by Gasteiger charge is 2.30. The fourth-order valence-electron chi connectivity index (χ4n) is 3.49. The Morgan fingerprint density at radius 1 is 1.13 bits per heavy atom. The van der Waals surface area contributed by atoms with Crippen LogP contribution in [0, 0.1) is 0 Å². The van der Waals surface area contributed by atoms with Crippen LogP contribution in [0.1, 0.15) is 27.9 Å². The number of rotatable bonds is 4. The Kier molecular flexibility index (Phi) is 4.51. The van der Waals surface area contributed by atoms with E-state index in [0.29, 0.717) is 18.0 Å². The number of para-hydroxylation sites is 2. The van der Waals surface area contributed by atoms with Gasteiger partial charge in [-0.1, -0.05) is 47.6 Å². The highest BCUT2D eigenvalue weighted by molar-refractivity contribution is 5.92. The third-order valence-electron chi connectivity index (χ3n) is 4.97. The molecule has 1 amide bonds. The van der Waals surface area contributed by atoms with Crippen LogP contribution in [0.3, 0.4) is 0 Å². The second kappa shape index (κ2) is 7.48. The van der Waals surface area contributed by atoms with Crippen molar-refractivity contribution in [1.82, 2.24) is 24.8 Å². The van der Waals surface area contributed by atoms with Crippen LogP contribution in [-0.4, -0.2) is 32.0 Å². The van der Waals surface area contributed by atoms with Gasteiger partial charge >= 0.3 is 5.76 Å². The summed E-state index contributed by atoms with van der Waals surface area (Å²) in [5.74, 6) is -0.553. The molecule has 31 heavy (non-hydrogen) atoms. The molecule has 4 aromatic rings. The topological polar surface area (TPSA) is 124 Å². The summed E-state index contributed by atoms with van der Waals surface area (Å²) in [5.41, 5.74) is 1.14. The SMILES string of the molecule is O=C(N[C@H]1COc2ccccc2-n2c1noc2=O)c1cc(=O)n(Cc2ccccc2)[nH]1. The summed E-state index contributed by atoms with van der Waals surface area (Å²) in [7, 11) is 0. The Bertz CT molecular complexity index is 1360. The molecular formula is C21H17N5O5. The van der Waals surface area contributed by atoms with Gasteiger partial charge in [0.25, 0.3) is 11.5 Å². The summed E-state index contributed by atoms with van der Waals surface area (Å²) in [6.45, 7) is 0.335. The number of fused-ring (bicyclic) bond motifs is 3. The van der Waals surface area contributed by atoms with Gasteiger partial charge in [-0.3, -0.25) is 19.2 Å². The van der Waals surface area contributed by atoms with Crippen molar-refractivity contribution in [3.05, 3.63) is 98.6 Å². The summed E-state index contributed by atoms with van der Waals surface area (Å²) in [6, 6.07) is 16.8. The van der Waals surface area contributed by atoms with Gasteiger partial charge < -0.3 is 10.1 Å². The molecule has 10 nitrogen and oxygen atoms in total. The number of carbonyl (C=O) groups excluding carboxylic acids is 1. The number of nitrogens with one attached hydrogen (secondary N) is 2. The van der Waals surface area contributed by atoms with Crippen molar-refractivity contribution < 1.29 is 14.1 Å². The van der Waals surface area contributed by atoms with Gasteiger partial charge in [0, 0.05) is 6.07 Å². The van der Waals surface area contributed by atoms with Crippen molar-refractivity contribution in [2.75, 3.05) is 6.61 Å². The molecule has 0 saturated carbocycles. The molecule has 5 rings (SSSR count). The highest BCUT2D eigenvalue weighted by Crippen LogP contribution is 2.28. The van der Waals surface area contributed by atoms with E-state index in [1.165, 1.54) is 15.3 Å². The molecular weight excluding hydrogens is 402 g/mol. The van der Waals surface area contributed by atoms with E-state index in [1.807, 2.05) is 30.3 Å². The predicted molar refractivity (Wildman–Crippen MR) is 108 cm³/mol. The average molecular weight is 419 g/mol. The first-order valence-electron chi connectivity index (χ1n) is 9.55. The van der Waals surface area contributed by atoms with Gasteiger partial charge in [0.2, 0.25) is 0 Å². The van der Waals surface area contributed by atoms with E-state index >= 15 is 0 Å². The van der Waals surface area contributed by atoms with Crippen molar-refractivity contribution in [3.63, 3.8) is 0 Å². The molecule has 0 bridgehead atoms. The lowest BCUT2D eigenvalue weighted by molar-refractivity contribution is 0.0913. The fourth-order valence-corrected chi connectivity index (χ4v) is 3.49. The van der Waals surface area contributed by atoms with Gasteiger partial charge in [0.1, 0.15) is 24.1 Å². The first-order valence-corrected chi connectivity index (χ1v) is 9.55. The molecule has 10 heteroatoms. The molecule has 2 aromatic carbocycles. The van der Waals surface area contributed by atoms with E-state index in [4.69, 9.17) is 9.26 Å². The summed E-state index contributed by atoms with van der Waals surface area (Å²) in [5, 5.41) is 9.40. The maximum atomic E-state index is 12.8. The minimum atomic E-state index is -0.771. The molecule has 3 heterocycles. The predicted octanol–water partition coefficient (Wildman–Crippen LogP) is 1.23. The smallest absolute Gasteiger partial charge is 0.446 e. The molecule has 156 valence electrons. The van der Waals surface area contributed by atoms with Crippen LogP contribution in [0.25, 0.3) is 5.69 Å². The normalized spacial score (nSPS) is 14.8. The Morgan fingerprint density at radius 2 is 1.90 bits per heavy atom. The minimum Gasteiger partial charge on any atom is -0.489 e. The average Bonchev–Trinajstić information content (AvgIpc) is 3.29. The van der Waals surface area contributed by atoms with Crippen LogP contribution >= 0.6 is 0 Å². The van der Waals surface area contributed by atoms with Gasteiger partial charge in [-0.25, -0.2) is 14.0 Å². The summed E-state index contributed by atoms with van der Waals surface area (Å²) in [6.07, 6.45) is 0. The fraction of sp³-hybridized carbons (Fsp3) is 0.143. The zero-order valence-electron chi connectivity index (χ0n) is 16.1. The largest absolute Gasteiger partial charge is 0.489 e. The highest BCUT2D eigenvalue weighted by atomic mass is 16.5. The van der Waals surface area contributed by atoms with Crippen molar-refractivity contribution >= 4 is 5.91 Å². The van der Waals surface area contributed by atoms with Gasteiger partial charge in [-0.15, -0.1) is 0 Å². The molecule has 0 radical (unpaired) electrons.